The molecule has 0 spiro atoms. The van der Waals surface area contributed by atoms with Gasteiger partial charge >= 0.3 is 0 Å². The van der Waals surface area contributed by atoms with E-state index in [-0.39, 0.29) is 0 Å². The highest BCUT2D eigenvalue weighted by Crippen LogP contribution is 2.31. The van der Waals surface area contributed by atoms with Crippen molar-refractivity contribution in [2.45, 2.75) is 13.8 Å². The van der Waals surface area contributed by atoms with E-state index < -0.39 is 0 Å². The SMILES string of the molecule is Cc1cc(Br)c(Nc2nc(NN)ncc2C)cc1Cl. The molecule has 0 unspecified atom stereocenters. The number of nitrogens with two attached hydrogens (primary N) is 1. The molecule has 0 aliphatic rings. The first-order valence-electron chi connectivity index (χ1n) is 5.54. The molecule has 4 N–H and O–H groups in total. The summed E-state index contributed by atoms with van der Waals surface area (Å²) in [6.45, 7) is 3.86. The summed E-state index contributed by atoms with van der Waals surface area (Å²) < 4.78 is 0.912. The van der Waals surface area contributed by atoms with Crippen LogP contribution in [0.5, 0.6) is 0 Å². The number of halogens is 2. The molecule has 0 atom stereocenters. The molecule has 100 valence electrons. The average molecular weight is 343 g/mol. The second kappa shape index (κ2) is 5.73. The Morgan fingerprint density at radius 2 is 2.00 bits per heavy atom. The van der Waals surface area contributed by atoms with Gasteiger partial charge in [0.05, 0.1) is 5.69 Å². The number of nitrogens with one attached hydrogen (secondary N) is 2. The van der Waals surface area contributed by atoms with Crippen molar-refractivity contribution in [1.29, 1.82) is 0 Å². The minimum atomic E-state index is 0.349. The maximum Gasteiger partial charge on any atom is 0.239 e. The quantitative estimate of drug-likeness (QED) is 0.587. The third-order valence-corrected chi connectivity index (χ3v) is 3.67. The van der Waals surface area contributed by atoms with Gasteiger partial charge in [-0.15, -0.1) is 0 Å². The van der Waals surface area contributed by atoms with Crippen molar-refractivity contribution in [3.8, 4) is 0 Å². The molecule has 0 saturated carbocycles. The number of nitrogens with zero attached hydrogens (tertiary/aromatic N) is 2. The van der Waals surface area contributed by atoms with Crippen molar-refractivity contribution in [2.75, 3.05) is 10.7 Å². The number of aryl methyl sites for hydroxylation is 2. The van der Waals surface area contributed by atoms with Gasteiger partial charge in [0.1, 0.15) is 5.82 Å². The molecule has 2 aromatic rings. The lowest BCUT2D eigenvalue weighted by atomic mass is 10.2. The number of rotatable bonds is 3. The van der Waals surface area contributed by atoms with Crippen LogP contribution in [-0.2, 0) is 0 Å². The van der Waals surface area contributed by atoms with Gasteiger partial charge in [-0.3, -0.25) is 5.43 Å². The van der Waals surface area contributed by atoms with Gasteiger partial charge in [0.15, 0.2) is 0 Å². The van der Waals surface area contributed by atoms with Crippen molar-refractivity contribution in [1.82, 2.24) is 9.97 Å². The monoisotopic (exact) mass is 341 g/mol. The van der Waals surface area contributed by atoms with Gasteiger partial charge in [-0.1, -0.05) is 11.6 Å². The third kappa shape index (κ3) is 3.15. The molecule has 0 amide bonds. The molecule has 2 rings (SSSR count). The molecule has 7 heteroatoms. The van der Waals surface area contributed by atoms with E-state index in [1.807, 2.05) is 26.0 Å². The predicted molar refractivity (Wildman–Crippen MR) is 81.8 cm³/mol. The fourth-order valence-corrected chi connectivity index (χ4v) is 2.23. The second-order valence-corrected chi connectivity index (χ2v) is 5.34. The predicted octanol–water partition coefficient (Wildman–Crippen LogP) is 3.54. The van der Waals surface area contributed by atoms with Crippen molar-refractivity contribution >= 4 is 45.0 Å². The van der Waals surface area contributed by atoms with E-state index in [0.29, 0.717) is 16.8 Å². The van der Waals surface area contributed by atoms with Crippen molar-refractivity contribution < 1.29 is 0 Å². The molecular weight excluding hydrogens is 330 g/mol. The fourth-order valence-electron chi connectivity index (χ4n) is 1.51. The minimum absolute atomic E-state index is 0.349. The molecule has 1 aromatic heterocycles. The summed E-state index contributed by atoms with van der Waals surface area (Å²) in [5.74, 6) is 6.32. The number of benzene rings is 1. The third-order valence-electron chi connectivity index (χ3n) is 2.60. The highest BCUT2D eigenvalue weighted by molar-refractivity contribution is 9.10. The summed E-state index contributed by atoms with van der Waals surface area (Å²) in [7, 11) is 0. The van der Waals surface area contributed by atoms with E-state index in [1.165, 1.54) is 0 Å². The molecule has 19 heavy (non-hydrogen) atoms. The zero-order chi connectivity index (χ0) is 14.0. The van der Waals surface area contributed by atoms with E-state index in [4.69, 9.17) is 17.4 Å². The molecule has 0 bridgehead atoms. The molecule has 1 aromatic carbocycles. The zero-order valence-electron chi connectivity index (χ0n) is 10.5. The number of hydrazine groups is 1. The van der Waals surface area contributed by atoms with Crippen molar-refractivity contribution in [2.24, 2.45) is 5.84 Å². The van der Waals surface area contributed by atoms with Crippen LogP contribution in [0.15, 0.2) is 22.8 Å². The Balaban J connectivity index is 2.38. The normalized spacial score (nSPS) is 10.4. The largest absolute Gasteiger partial charge is 0.339 e. The summed E-state index contributed by atoms with van der Waals surface area (Å²) in [6, 6.07) is 3.79. The Kier molecular flexibility index (Phi) is 4.24. The lowest BCUT2D eigenvalue weighted by Crippen LogP contribution is -2.11. The fraction of sp³-hybridized carbons (Fsp3) is 0.167. The molecule has 0 aliphatic heterocycles. The van der Waals surface area contributed by atoms with Crippen LogP contribution in [0, 0.1) is 13.8 Å². The van der Waals surface area contributed by atoms with Crippen molar-refractivity contribution in [3.05, 3.63) is 39.0 Å². The van der Waals surface area contributed by atoms with Gasteiger partial charge in [0.2, 0.25) is 5.95 Å². The highest BCUT2D eigenvalue weighted by Gasteiger charge is 2.08. The summed E-state index contributed by atoms with van der Waals surface area (Å²) >= 11 is 9.62. The maximum atomic E-state index is 6.12. The first kappa shape index (κ1) is 14.0. The minimum Gasteiger partial charge on any atom is -0.339 e. The van der Waals surface area contributed by atoms with Crippen LogP contribution in [0.2, 0.25) is 5.02 Å². The standard InChI is InChI=1S/C12H13BrClN5/c1-6-3-8(13)10(4-9(6)14)17-11-7(2)5-16-12(18-11)19-15/h3-5H,15H2,1-2H3,(H2,16,17,18,19). The van der Waals surface area contributed by atoms with Crippen LogP contribution in [0.3, 0.4) is 0 Å². The number of hydrogen-bond acceptors (Lipinski definition) is 5. The van der Waals surface area contributed by atoms with E-state index >= 15 is 0 Å². The Labute approximate surface area is 124 Å². The number of aromatic nitrogens is 2. The van der Waals surface area contributed by atoms with Gasteiger partial charge in [0.25, 0.3) is 0 Å². The van der Waals surface area contributed by atoms with Crippen LogP contribution in [0.1, 0.15) is 11.1 Å². The van der Waals surface area contributed by atoms with Gasteiger partial charge in [0, 0.05) is 21.3 Å². The Bertz CT molecular complexity index is 617. The highest BCUT2D eigenvalue weighted by atomic mass is 79.9. The van der Waals surface area contributed by atoms with Gasteiger partial charge in [-0.25, -0.2) is 10.8 Å². The summed E-state index contributed by atoms with van der Waals surface area (Å²) in [4.78, 5) is 8.29. The molecule has 1 heterocycles. The Morgan fingerprint density at radius 1 is 1.26 bits per heavy atom. The lowest BCUT2D eigenvalue weighted by molar-refractivity contribution is 1.09. The van der Waals surface area contributed by atoms with Crippen LogP contribution in [0.4, 0.5) is 17.5 Å². The lowest BCUT2D eigenvalue weighted by Gasteiger charge is -2.12. The molecule has 5 nitrogen and oxygen atoms in total. The van der Waals surface area contributed by atoms with Crippen LogP contribution in [-0.4, -0.2) is 9.97 Å². The van der Waals surface area contributed by atoms with Crippen LogP contribution in [0.25, 0.3) is 0 Å². The van der Waals surface area contributed by atoms with E-state index in [2.05, 4.69) is 36.6 Å². The topological polar surface area (TPSA) is 75.9 Å². The van der Waals surface area contributed by atoms with Gasteiger partial charge in [-0.2, -0.15) is 4.98 Å². The second-order valence-electron chi connectivity index (χ2n) is 4.08. The van der Waals surface area contributed by atoms with Crippen LogP contribution < -0.4 is 16.6 Å². The Morgan fingerprint density at radius 3 is 2.68 bits per heavy atom. The number of nitrogen functional groups attached to an aromatic ring is 1. The average Bonchev–Trinajstić information content (AvgIpc) is 2.38. The maximum absolute atomic E-state index is 6.12. The van der Waals surface area contributed by atoms with Gasteiger partial charge in [-0.05, 0) is 47.5 Å². The Hall–Kier alpha value is -1.37. The summed E-state index contributed by atoms with van der Waals surface area (Å²) in [5, 5.41) is 3.89. The van der Waals surface area contributed by atoms with Gasteiger partial charge < -0.3 is 5.32 Å². The van der Waals surface area contributed by atoms with Crippen molar-refractivity contribution in [3.63, 3.8) is 0 Å². The zero-order valence-corrected chi connectivity index (χ0v) is 12.8. The van der Waals surface area contributed by atoms with E-state index in [9.17, 15) is 0 Å². The smallest absolute Gasteiger partial charge is 0.239 e. The van der Waals surface area contributed by atoms with E-state index in [0.717, 1.165) is 21.3 Å². The van der Waals surface area contributed by atoms with Crippen LogP contribution >= 0.6 is 27.5 Å². The number of anilines is 3. The molecular formula is C12H13BrClN5. The first-order chi connectivity index (χ1) is 9.01. The number of hydrogen-bond donors (Lipinski definition) is 3. The molecule has 0 saturated heterocycles. The first-order valence-corrected chi connectivity index (χ1v) is 6.71. The van der Waals surface area contributed by atoms with E-state index in [1.54, 1.807) is 6.20 Å². The molecule has 0 fully saturated rings. The molecule has 0 aliphatic carbocycles. The summed E-state index contributed by atoms with van der Waals surface area (Å²) in [6.07, 6.45) is 1.69. The summed E-state index contributed by atoms with van der Waals surface area (Å²) in [5.41, 5.74) is 5.16. The molecule has 0 radical (unpaired) electrons.